The number of benzene rings is 1. The van der Waals surface area contributed by atoms with Gasteiger partial charge in [0.15, 0.2) is 0 Å². The van der Waals surface area contributed by atoms with E-state index < -0.39 is 47.0 Å². The van der Waals surface area contributed by atoms with Gasteiger partial charge in [-0.25, -0.2) is 14.4 Å². The lowest BCUT2D eigenvalue weighted by Crippen LogP contribution is -2.55. The lowest BCUT2D eigenvalue weighted by atomic mass is 10.0. The molecule has 0 spiro atoms. The summed E-state index contributed by atoms with van der Waals surface area (Å²) in [6.45, 7) is 14.4. The quantitative estimate of drug-likeness (QED) is 0.601. The fourth-order valence-electron chi connectivity index (χ4n) is 2.54. The molecule has 0 radical (unpaired) electrons. The van der Waals surface area contributed by atoms with E-state index in [-0.39, 0.29) is 17.1 Å². The lowest BCUT2D eigenvalue weighted by Gasteiger charge is -2.30. The molecule has 0 unspecified atom stereocenters. The van der Waals surface area contributed by atoms with Crippen molar-refractivity contribution >= 4 is 24.2 Å². The van der Waals surface area contributed by atoms with Crippen LogP contribution in [-0.4, -0.2) is 57.0 Å². The first kappa shape index (κ1) is 28.7. The van der Waals surface area contributed by atoms with Gasteiger partial charge in [0.1, 0.15) is 28.6 Å². The van der Waals surface area contributed by atoms with Gasteiger partial charge in [-0.1, -0.05) is 12.1 Å². The minimum atomic E-state index is -1.39. The summed E-state index contributed by atoms with van der Waals surface area (Å²) in [4.78, 5) is 51.9. The first-order valence-electron chi connectivity index (χ1n) is 10.8. The van der Waals surface area contributed by atoms with Crippen LogP contribution in [0.25, 0.3) is 0 Å². The Hall–Kier alpha value is -3.30. The maximum absolute atomic E-state index is 13.5. The zero-order valence-electron chi connectivity index (χ0n) is 21.3. The minimum absolute atomic E-state index is 0.0101. The van der Waals surface area contributed by atoms with Crippen molar-refractivity contribution in [2.24, 2.45) is 0 Å². The summed E-state index contributed by atoms with van der Waals surface area (Å²) in [5, 5.41) is 12.0. The Balaban J connectivity index is 3.37. The molecule has 0 bridgehead atoms. The van der Waals surface area contributed by atoms with Gasteiger partial charge in [-0.05, 0) is 80.0 Å². The number of carbonyl (C=O) groups excluding carboxylic acids is 4. The summed E-state index contributed by atoms with van der Waals surface area (Å²) >= 11 is 0. The first-order valence-corrected chi connectivity index (χ1v) is 10.8. The highest BCUT2D eigenvalue weighted by atomic mass is 16.6. The van der Waals surface area contributed by atoms with Gasteiger partial charge in [0.25, 0.3) is 5.91 Å². The van der Waals surface area contributed by atoms with E-state index in [0.29, 0.717) is 5.56 Å². The topological polar surface area (TPSA) is 131 Å². The van der Waals surface area contributed by atoms with Crippen molar-refractivity contribution in [3.63, 3.8) is 0 Å². The Morgan fingerprint density at radius 1 is 0.794 bits per heavy atom. The number of ether oxygens (including phenoxy) is 3. The Kier molecular flexibility index (Phi) is 9.09. The van der Waals surface area contributed by atoms with Gasteiger partial charge < -0.3 is 24.6 Å². The number of carbonyl (C=O) groups is 4. The maximum Gasteiger partial charge on any atom is 0.426 e. The summed E-state index contributed by atoms with van der Waals surface area (Å²) < 4.78 is 15.7. The SMILES string of the molecule is CC(C)(C)OC(=O)N[C@@H](Cc1ccc(O)cc1)C(=O)N(C(=O)OC(C)(C)C)C(=O)OC(C)(C)C. The zero-order chi connectivity index (χ0) is 26.5. The number of nitrogens with one attached hydrogen (secondary N) is 1. The second-order valence-electron chi connectivity index (χ2n) is 10.7. The van der Waals surface area contributed by atoms with E-state index in [2.05, 4.69) is 5.32 Å². The highest BCUT2D eigenvalue weighted by molar-refractivity contribution is 6.09. The number of hydrogen-bond donors (Lipinski definition) is 2. The number of alkyl carbamates (subject to hydrolysis) is 1. The fourth-order valence-corrected chi connectivity index (χ4v) is 2.54. The van der Waals surface area contributed by atoms with Gasteiger partial charge in [-0.3, -0.25) is 4.79 Å². The molecule has 0 aliphatic carbocycles. The van der Waals surface area contributed by atoms with Crippen molar-refractivity contribution in [1.29, 1.82) is 0 Å². The van der Waals surface area contributed by atoms with E-state index in [0.717, 1.165) is 0 Å². The predicted octanol–water partition coefficient (Wildman–Crippen LogP) is 4.53. The van der Waals surface area contributed by atoms with E-state index in [9.17, 15) is 24.3 Å². The van der Waals surface area contributed by atoms with Crippen LogP contribution in [0.5, 0.6) is 5.75 Å². The molecule has 10 heteroatoms. The molecule has 0 aliphatic rings. The number of phenolic OH excluding ortho intramolecular Hbond substituents is 1. The second-order valence-corrected chi connectivity index (χ2v) is 10.7. The van der Waals surface area contributed by atoms with Crippen molar-refractivity contribution in [2.75, 3.05) is 0 Å². The molecule has 0 heterocycles. The summed E-state index contributed by atoms with van der Waals surface area (Å²) in [6.07, 6.45) is -3.51. The highest BCUT2D eigenvalue weighted by Gasteiger charge is 2.40. The van der Waals surface area contributed by atoms with E-state index in [1.165, 1.54) is 24.3 Å². The first-order chi connectivity index (χ1) is 15.3. The maximum atomic E-state index is 13.5. The van der Waals surface area contributed by atoms with Crippen LogP contribution in [0.15, 0.2) is 24.3 Å². The van der Waals surface area contributed by atoms with Gasteiger partial charge in [-0.2, -0.15) is 0 Å². The Morgan fingerprint density at radius 3 is 1.59 bits per heavy atom. The van der Waals surface area contributed by atoms with Crippen LogP contribution in [0, 0.1) is 0 Å². The summed E-state index contributed by atoms with van der Waals surface area (Å²) in [5.41, 5.74) is -2.34. The Bertz CT molecular complexity index is 862. The van der Waals surface area contributed by atoms with Gasteiger partial charge >= 0.3 is 18.3 Å². The molecular weight excluding hydrogens is 444 g/mol. The van der Waals surface area contributed by atoms with E-state index in [1.54, 1.807) is 62.3 Å². The molecule has 1 atom stereocenters. The monoisotopic (exact) mass is 480 g/mol. The second kappa shape index (κ2) is 10.8. The molecule has 0 saturated heterocycles. The molecular formula is C24H36N2O8. The number of imide groups is 3. The molecule has 1 aromatic carbocycles. The molecule has 0 saturated carbocycles. The average molecular weight is 481 g/mol. The number of aromatic hydroxyl groups is 1. The average Bonchev–Trinajstić information content (AvgIpc) is 2.58. The van der Waals surface area contributed by atoms with Gasteiger partial charge in [0, 0.05) is 6.42 Å². The van der Waals surface area contributed by atoms with Gasteiger partial charge in [0.2, 0.25) is 0 Å². The van der Waals surface area contributed by atoms with E-state index in [4.69, 9.17) is 14.2 Å². The summed E-state index contributed by atoms with van der Waals surface area (Å²) in [5.74, 6) is -1.06. The molecule has 0 aromatic heterocycles. The Labute approximate surface area is 200 Å². The third-order valence-corrected chi connectivity index (χ3v) is 3.74. The van der Waals surface area contributed by atoms with Gasteiger partial charge in [-0.15, -0.1) is 4.90 Å². The van der Waals surface area contributed by atoms with E-state index in [1.807, 2.05) is 0 Å². The Morgan fingerprint density at radius 2 is 1.21 bits per heavy atom. The fraction of sp³-hybridized carbons (Fsp3) is 0.583. The standard InChI is InChI=1S/C24H36N2O8/c1-22(2,3)32-19(29)25-17(14-15-10-12-16(27)13-11-15)18(28)26(20(30)33-23(4,5)6)21(31)34-24(7,8)9/h10-13,17,27H,14H2,1-9H3,(H,25,29)/t17-/m0/s1. The molecule has 0 fully saturated rings. The lowest BCUT2D eigenvalue weighted by molar-refractivity contribution is -0.131. The third-order valence-electron chi connectivity index (χ3n) is 3.74. The predicted molar refractivity (Wildman–Crippen MR) is 124 cm³/mol. The van der Waals surface area contributed by atoms with Crippen LogP contribution < -0.4 is 5.32 Å². The molecule has 34 heavy (non-hydrogen) atoms. The van der Waals surface area contributed by atoms with Crippen LogP contribution in [-0.2, 0) is 25.4 Å². The van der Waals surface area contributed by atoms with Crippen LogP contribution in [0.3, 0.4) is 0 Å². The molecule has 2 N–H and O–H groups in total. The third kappa shape index (κ3) is 10.5. The largest absolute Gasteiger partial charge is 0.508 e. The number of amides is 4. The summed E-state index contributed by atoms with van der Waals surface area (Å²) in [6, 6.07) is 4.50. The van der Waals surface area contributed by atoms with Crippen molar-refractivity contribution in [2.45, 2.75) is 91.6 Å². The minimum Gasteiger partial charge on any atom is -0.508 e. The summed E-state index contributed by atoms with van der Waals surface area (Å²) in [7, 11) is 0. The van der Waals surface area contributed by atoms with Crippen molar-refractivity contribution < 1.29 is 38.5 Å². The number of rotatable bonds is 4. The normalized spacial score (nSPS) is 12.9. The van der Waals surface area contributed by atoms with Crippen molar-refractivity contribution in [1.82, 2.24) is 10.2 Å². The number of hydrogen-bond acceptors (Lipinski definition) is 8. The smallest absolute Gasteiger partial charge is 0.426 e. The van der Waals surface area contributed by atoms with Crippen molar-refractivity contribution in [3.8, 4) is 5.75 Å². The zero-order valence-corrected chi connectivity index (χ0v) is 21.3. The van der Waals surface area contributed by atoms with E-state index >= 15 is 0 Å². The molecule has 0 aliphatic heterocycles. The highest BCUT2D eigenvalue weighted by Crippen LogP contribution is 2.18. The molecule has 10 nitrogen and oxygen atoms in total. The van der Waals surface area contributed by atoms with Crippen molar-refractivity contribution in [3.05, 3.63) is 29.8 Å². The molecule has 1 aromatic rings. The number of phenols is 1. The molecule has 190 valence electrons. The molecule has 4 amide bonds. The molecule has 1 rings (SSSR count). The number of nitrogens with zero attached hydrogens (tertiary/aromatic N) is 1. The van der Waals surface area contributed by atoms with Crippen LogP contribution >= 0.6 is 0 Å². The van der Waals surface area contributed by atoms with Crippen LogP contribution in [0.4, 0.5) is 14.4 Å². The van der Waals surface area contributed by atoms with Crippen LogP contribution in [0.1, 0.15) is 67.9 Å². The van der Waals surface area contributed by atoms with Crippen LogP contribution in [0.2, 0.25) is 0 Å². The van der Waals surface area contributed by atoms with Gasteiger partial charge in [0.05, 0.1) is 0 Å².